The van der Waals surface area contributed by atoms with Gasteiger partial charge in [0.15, 0.2) is 0 Å². The van der Waals surface area contributed by atoms with Crippen LogP contribution in [0.2, 0.25) is 5.02 Å². The predicted molar refractivity (Wildman–Crippen MR) is 66.5 cm³/mol. The molecule has 1 aromatic rings. The van der Waals surface area contributed by atoms with Crippen molar-refractivity contribution >= 4 is 17.5 Å². The molecule has 1 amide bonds. The molecule has 2 N–H and O–H groups in total. The second kappa shape index (κ2) is 5.38. The van der Waals surface area contributed by atoms with Crippen LogP contribution in [0.25, 0.3) is 0 Å². The average Bonchev–Trinajstić information content (AvgIpc) is 2.20. The summed E-state index contributed by atoms with van der Waals surface area (Å²) in [7, 11) is 1.56. The monoisotopic (exact) mass is 257 g/mol. The molecule has 0 aliphatic heterocycles. The van der Waals surface area contributed by atoms with E-state index in [2.05, 4.69) is 5.32 Å². The van der Waals surface area contributed by atoms with Crippen LogP contribution < -0.4 is 5.32 Å². The Morgan fingerprint density at radius 2 is 2.18 bits per heavy atom. The summed E-state index contributed by atoms with van der Waals surface area (Å²) in [6, 6.07) is 4.34. The number of carbonyl (C=O) groups is 1. The molecule has 0 aliphatic rings. The first kappa shape index (κ1) is 13.8. The van der Waals surface area contributed by atoms with Crippen LogP contribution in [0.4, 0.5) is 0 Å². The van der Waals surface area contributed by atoms with E-state index < -0.39 is 5.54 Å². The Labute approximate surface area is 106 Å². The van der Waals surface area contributed by atoms with E-state index in [9.17, 15) is 9.90 Å². The fraction of sp³-hybridized carbons (Fsp3) is 0.417. The number of hydrogen-bond donors (Lipinski definition) is 2. The van der Waals surface area contributed by atoms with Gasteiger partial charge < -0.3 is 15.2 Å². The van der Waals surface area contributed by atoms with Crippen LogP contribution in [0.3, 0.4) is 0 Å². The lowest BCUT2D eigenvalue weighted by atomic mass is 10.1. The molecule has 4 nitrogen and oxygen atoms in total. The second-order valence-corrected chi connectivity index (χ2v) is 4.87. The average molecular weight is 258 g/mol. The maximum absolute atomic E-state index is 11.9. The fourth-order valence-corrected chi connectivity index (χ4v) is 1.63. The number of phenols is 1. The minimum atomic E-state index is -0.513. The molecule has 0 spiro atoms. The first-order valence-electron chi connectivity index (χ1n) is 5.16. The SMILES string of the molecule is COCC(C)(C)NC(=O)c1cc(Cl)ccc1O. The molecule has 5 heteroatoms. The minimum Gasteiger partial charge on any atom is -0.507 e. The van der Waals surface area contributed by atoms with Gasteiger partial charge in [-0.3, -0.25) is 4.79 Å². The van der Waals surface area contributed by atoms with E-state index in [-0.39, 0.29) is 17.2 Å². The standard InChI is InChI=1S/C12H16ClNO3/c1-12(2,7-17-3)14-11(16)9-6-8(13)4-5-10(9)15/h4-6,15H,7H2,1-3H3,(H,14,16). The van der Waals surface area contributed by atoms with Crippen molar-refractivity contribution in [3.8, 4) is 5.75 Å². The van der Waals surface area contributed by atoms with E-state index in [0.29, 0.717) is 11.6 Å². The number of aromatic hydroxyl groups is 1. The van der Waals surface area contributed by atoms with Gasteiger partial charge in [-0.1, -0.05) is 11.6 Å². The molecule has 0 bridgehead atoms. The first-order chi connectivity index (χ1) is 7.85. The highest BCUT2D eigenvalue weighted by Gasteiger charge is 2.22. The molecule has 0 unspecified atom stereocenters. The molecule has 0 fully saturated rings. The maximum atomic E-state index is 11.9. The molecule has 0 saturated carbocycles. The summed E-state index contributed by atoms with van der Waals surface area (Å²) in [5, 5.41) is 12.7. The van der Waals surface area contributed by atoms with Gasteiger partial charge in [0.2, 0.25) is 0 Å². The molecular formula is C12H16ClNO3. The number of nitrogens with one attached hydrogen (secondary N) is 1. The smallest absolute Gasteiger partial charge is 0.255 e. The van der Waals surface area contributed by atoms with Gasteiger partial charge in [0.05, 0.1) is 17.7 Å². The third-order valence-corrected chi connectivity index (χ3v) is 2.40. The normalized spacial score (nSPS) is 11.3. The van der Waals surface area contributed by atoms with Gasteiger partial charge in [0.1, 0.15) is 5.75 Å². The zero-order valence-corrected chi connectivity index (χ0v) is 10.8. The van der Waals surface area contributed by atoms with E-state index in [1.165, 1.54) is 18.2 Å². The van der Waals surface area contributed by atoms with Crippen molar-refractivity contribution in [2.24, 2.45) is 0 Å². The molecule has 0 saturated heterocycles. The lowest BCUT2D eigenvalue weighted by Gasteiger charge is -2.25. The quantitative estimate of drug-likeness (QED) is 0.869. The zero-order valence-electron chi connectivity index (χ0n) is 10.1. The summed E-state index contributed by atoms with van der Waals surface area (Å²) in [6.07, 6.45) is 0. The lowest BCUT2D eigenvalue weighted by molar-refractivity contribution is 0.0817. The summed E-state index contributed by atoms with van der Waals surface area (Å²) < 4.78 is 4.99. The van der Waals surface area contributed by atoms with Gasteiger partial charge >= 0.3 is 0 Å². The summed E-state index contributed by atoms with van der Waals surface area (Å²) in [6.45, 7) is 4.03. The Hall–Kier alpha value is -1.26. The zero-order chi connectivity index (χ0) is 13.1. The Bertz CT molecular complexity index is 418. The third-order valence-electron chi connectivity index (χ3n) is 2.16. The molecule has 0 aromatic heterocycles. The number of rotatable bonds is 4. The van der Waals surface area contributed by atoms with Crippen LogP contribution in [0.15, 0.2) is 18.2 Å². The number of hydrogen-bond acceptors (Lipinski definition) is 3. The van der Waals surface area contributed by atoms with Crippen LogP contribution in [-0.4, -0.2) is 30.3 Å². The molecular weight excluding hydrogens is 242 g/mol. The largest absolute Gasteiger partial charge is 0.507 e. The summed E-state index contributed by atoms with van der Waals surface area (Å²) >= 11 is 5.78. The van der Waals surface area contributed by atoms with E-state index in [4.69, 9.17) is 16.3 Å². The number of phenolic OH excluding ortho intramolecular Hbond substituents is 1. The Balaban J connectivity index is 2.86. The number of amides is 1. The van der Waals surface area contributed by atoms with Gasteiger partial charge in [-0.2, -0.15) is 0 Å². The van der Waals surface area contributed by atoms with Gasteiger partial charge in [0.25, 0.3) is 5.91 Å². The van der Waals surface area contributed by atoms with Gasteiger partial charge in [0, 0.05) is 12.1 Å². The number of methoxy groups -OCH3 is 1. The van der Waals surface area contributed by atoms with Crippen molar-refractivity contribution in [3.05, 3.63) is 28.8 Å². The number of halogens is 1. The fourth-order valence-electron chi connectivity index (χ4n) is 1.46. The molecule has 94 valence electrons. The molecule has 1 rings (SSSR count). The van der Waals surface area contributed by atoms with Crippen molar-refractivity contribution in [1.82, 2.24) is 5.32 Å². The summed E-state index contributed by atoms with van der Waals surface area (Å²) in [4.78, 5) is 11.9. The number of ether oxygens (including phenoxy) is 1. The third kappa shape index (κ3) is 3.91. The highest BCUT2D eigenvalue weighted by molar-refractivity contribution is 6.31. The minimum absolute atomic E-state index is 0.0971. The van der Waals surface area contributed by atoms with E-state index in [1.807, 2.05) is 13.8 Å². The van der Waals surface area contributed by atoms with Crippen molar-refractivity contribution in [3.63, 3.8) is 0 Å². The summed E-state index contributed by atoms with van der Waals surface area (Å²) in [5.41, 5.74) is -0.359. The Kier molecular flexibility index (Phi) is 4.37. The Morgan fingerprint density at radius 1 is 1.53 bits per heavy atom. The van der Waals surface area contributed by atoms with Gasteiger partial charge in [-0.05, 0) is 32.0 Å². The molecule has 0 heterocycles. The molecule has 0 atom stereocenters. The van der Waals surface area contributed by atoms with E-state index in [1.54, 1.807) is 7.11 Å². The number of carbonyl (C=O) groups excluding carboxylic acids is 1. The van der Waals surface area contributed by atoms with Crippen LogP contribution in [-0.2, 0) is 4.74 Å². The van der Waals surface area contributed by atoms with Crippen molar-refractivity contribution in [1.29, 1.82) is 0 Å². The second-order valence-electron chi connectivity index (χ2n) is 4.43. The van der Waals surface area contributed by atoms with Crippen LogP contribution in [0.1, 0.15) is 24.2 Å². The molecule has 1 aromatic carbocycles. The van der Waals surface area contributed by atoms with Crippen LogP contribution in [0, 0.1) is 0 Å². The van der Waals surface area contributed by atoms with Gasteiger partial charge in [-0.15, -0.1) is 0 Å². The summed E-state index contributed by atoms with van der Waals surface area (Å²) in [5.74, 6) is -0.479. The lowest BCUT2D eigenvalue weighted by Crippen LogP contribution is -2.46. The van der Waals surface area contributed by atoms with E-state index >= 15 is 0 Å². The highest BCUT2D eigenvalue weighted by Crippen LogP contribution is 2.21. The number of benzene rings is 1. The van der Waals surface area contributed by atoms with Crippen LogP contribution >= 0.6 is 11.6 Å². The Morgan fingerprint density at radius 3 is 2.76 bits per heavy atom. The van der Waals surface area contributed by atoms with Gasteiger partial charge in [-0.25, -0.2) is 0 Å². The maximum Gasteiger partial charge on any atom is 0.255 e. The molecule has 0 aliphatic carbocycles. The van der Waals surface area contributed by atoms with E-state index in [0.717, 1.165) is 0 Å². The molecule has 0 radical (unpaired) electrons. The van der Waals surface area contributed by atoms with Crippen molar-refractivity contribution < 1.29 is 14.6 Å². The highest BCUT2D eigenvalue weighted by atomic mass is 35.5. The molecule has 17 heavy (non-hydrogen) atoms. The topological polar surface area (TPSA) is 58.6 Å². The van der Waals surface area contributed by atoms with Crippen molar-refractivity contribution in [2.45, 2.75) is 19.4 Å². The van der Waals surface area contributed by atoms with Crippen molar-refractivity contribution in [2.75, 3.05) is 13.7 Å². The first-order valence-corrected chi connectivity index (χ1v) is 5.53. The van der Waals surface area contributed by atoms with Crippen LogP contribution in [0.5, 0.6) is 5.75 Å². The predicted octanol–water partition coefficient (Wildman–Crippen LogP) is 2.20.